The lowest BCUT2D eigenvalue weighted by atomic mass is 9.90. The van der Waals surface area contributed by atoms with Gasteiger partial charge in [0, 0.05) is 23.8 Å². The van der Waals surface area contributed by atoms with Crippen molar-refractivity contribution in [2.45, 2.75) is 5.92 Å². The maximum Gasteiger partial charge on any atom is 0.0411 e. The van der Waals surface area contributed by atoms with Crippen molar-refractivity contribution < 1.29 is 0 Å². The molecule has 0 heterocycles. The predicted molar refractivity (Wildman–Crippen MR) is 150 cm³/mol. The first-order valence-electron chi connectivity index (χ1n) is 12.1. The summed E-state index contributed by atoms with van der Waals surface area (Å²) in [5.41, 5.74) is 7.41. The Bertz CT molecular complexity index is 1290. The van der Waals surface area contributed by atoms with Gasteiger partial charge in [0.1, 0.15) is 0 Å². The van der Waals surface area contributed by atoms with Crippen molar-refractivity contribution in [1.82, 2.24) is 0 Å². The van der Waals surface area contributed by atoms with E-state index < -0.39 is 0 Å². The van der Waals surface area contributed by atoms with Gasteiger partial charge in [-0.15, -0.1) is 0 Å². The number of nitrogens with zero attached hydrogens (tertiary/aromatic N) is 1. The van der Waals surface area contributed by atoms with Gasteiger partial charge >= 0.3 is 0 Å². The number of anilines is 2. The average Bonchev–Trinajstić information content (AvgIpc) is 2.95. The molecule has 35 heavy (non-hydrogen) atoms. The van der Waals surface area contributed by atoms with Crippen molar-refractivity contribution in [1.29, 1.82) is 0 Å². The summed E-state index contributed by atoms with van der Waals surface area (Å²) in [6.07, 6.45) is 4.33. The Morgan fingerprint density at radius 1 is 0.429 bits per heavy atom. The van der Waals surface area contributed by atoms with Crippen LogP contribution in [0.3, 0.4) is 0 Å². The van der Waals surface area contributed by atoms with Gasteiger partial charge in [0.05, 0.1) is 0 Å². The first kappa shape index (κ1) is 22.4. The van der Waals surface area contributed by atoms with Crippen LogP contribution in [-0.4, -0.2) is 6.54 Å². The molecule has 0 unspecified atom stereocenters. The molecule has 0 N–H and O–H groups in total. The van der Waals surface area contributed by atoms with Gasteiger partial charge in [-0.05, 0) is 46.5 Å². The maximum absolute atomic E-state index is 2.43. The quantitative estimate of drug-likeness (QED) is 0.213. The fourth-order valence-electron chi connectivity index (χ4n) is 4.45. The van der Waals surface area contributed by atoms with Gasteiger partial charge in [-0.3, -0.25) is 0 Å². The van der Waals surface area contributed by atoms with Gasteiger partial charge in [-0.1, -0.05) is 133 Å². The smallest absolute Gasteiger partial charge is 0.0411 e. The molecule has 0 radical (unpaired) electrons. The van der Waals surface area contributed by atoms with Gasteiger partial charge in [0.15, 0.2) is 0 Å². The highest BCUT2D eigenvalue weighted by Gasteiger charge is 2.20. The lowest BCUT2D eigenvalue weighted by molar-refractivity contribution is 0.793. The third-order valence-corrected chi connectivity index (χ3v) is 6.31. The van der Waals surface area contributed by atoms with E-state index in [0.717, 1.165) is 6.54 Å². The fraction of sp³-hybridized carbons (Fsp3) is 0.0588. The van der Waals surface area contributed by atoms with Crippen molar-refractivity contribution in [3.63, 3.8) is 0 Å². The fourth-order valence-corrected chi connectivity index (χ4v) is 4.45. The van der Waals surface area contributed by atoms with Crippen LogP contribution in [0.15, 0.2) is 146 Å². The van der Waals surface area contributed by atoms with Gasteiger partial charge < -0.3 is 4.90 Å². The van der Waals surface area contributed by atoms with Crippen LogP contribution in [0, 0.1) is 0 Å². The highest BCUT2D eigenvalue weighted by Crippen LogP contribution is 2.33. The number of hydrogen-bond acceptors (Lipinski definition) is 1. The molecule has 0 aromatic heterocycles. The number of hydrogen-bond donors (Lipinski definition) is 0. The first-order valence-corrected chi connectivity index (χ1v) is 12.1. The zero-order valence-corrected chi connectivity index (χ0v) is 19.7. The summed E-state index contributed by atoms with van der Waals surface area (Å²) in [5, 5.41) is 0. The van der Waals surface area contributed by atoms with E-state index in [4.69, 9.17) is 0 Å². The zero-order chi connectivity index (χ0) is 23.7. The van der Waals surface area contributed by atoms with Crippen LogP contribution in [-0.2, 0) is 0 Å². The molecule has 0 fully saturated rings. The predicted octanol–water partition coefficient (Wildman–Crippen LogP) is 8.83. The Hall–Kier alpha value is -4.36. The molecular formula is C34H29N. The third-order valence-electron chi connectivity index (χ3n) is 6.31. The molecule has 5 rings (SSSR count). The average molecular weight is 452 g/mol. The van der Waals surface area contributed by atoms with Crippen LogP contribution >= 0.6 is 0 Å². The molecule has 5 aromatic carbocycles. The van der Waals surface area contributed by atoms with Gasteiger partial charge in [0.25, 0.3) is 0 Å². The lowest BCUT2D eigenvalue weighted by Gasteiger charge is -2.30. The summed E-state index contributed by atoms with van der Waals surface area (Å²) < 4.78 is 0. The topological polar surface area (TPSA) is 3.24 Å². The Morgan fingerprint density at radius 3 is 1.34 bits per heavy atom. The number of benzene rings is 5. The summed E-state index contributed by atoms with van der Waals surface area (Å²) in [6, 6.07) is 51.6. The molecule has 0 aliphatic rings. The van der Waals surface area contributed by atoms with E-state index in [2.05, 4.69) is 157 Å². The van der Waals surface area contributed by atoms with Crippen molar-refractivity contribution >= 4 is 23.5 Å². The third kappa shape index (κ3) is 5.77. The lowest BCUT2D eigenvalue weighted by Crippen LogP contribution is -2.24. The molecule has 0 saturated carbocycles. The highest BCUT2D eigenvalue weighted by atomic mass is 15.1. The highest BCUT2D eigenvalue weighted by molar-refractivity contribution is 5.72. The second kappa shape index (κ2) is 11.2. The van der Waals surface area contributed by atoms with Crippen LogP contribution in [0.25, 0.3) is 12.2 Å². The van der Waals surface area contributed by atoms with E-state index >= 15 is 0 Å². The largest absolute Gasteiger partial charge is 0.341 e. The zero-order valence-electron chi connectivity index (χ0n) is 19.7. The molecule has 170 valence electrons. The first-order chi connectivity index (χ1) is 17.4. The summed E-state index contributed by atoms with van der Waals surface area (Å²) >= 11 is 0. The Kier molecular flexibility index (Phi) is 7.16. The van der Waals surface area contributed by atoms with E-state index in [-0.39, 0.29) is 5.92 Å². The SMILES string of the molecule is C(=C\c1ccc(N(CC(c2ccccc2)c2ccccc2)c2ccccc2)cc1)/c1ccccc1. The minimum atomic E-state index is 0.246. The molecule has 0 spiro atoms. The monoisotopic (exact) mass is 451 g/mol. The van der Waals surface area contributed by atoms with Crippen molar-refractivity contribution in [3.05, 3.63) is 168 Å². The molecule has 5 aromatic rings. The molecule has 0 aliphatic heterocycles. The molecule has 0 aliphatic carbocycles. The normalized spacial score (nSPS) is 11.1. The van der Waals surface area contributed by atoms with Crippen molar-refractivity contribution in [2.75, 3.05) is 11.4 Å². The Labute approximate surface area is 208 Å². The van der Waals surface area contributed by atoms with Crippen molar-refractivity contribution in [3.8, 4) is 0 Å². The van der Waals surface area contributed by atoms with E-state index in [9.17, 15) is 0 Å². The molecular weight excluding hydrogens is 422 g/mol. The Morgan fingerprint density at radius 2 is 0.829 bits per heavy atom. The summed E-state index contributed by atoms with van der Waals surface area (Å²) in [5.74, 6) is 0.246. The molecule has 0 amide bonds. The molecule has 1 heteroatoms. The minimum absolute atomic E-state index is 0.246. The Balaban J connectivity index is 1.47. The van der Waals surface area contributed by atoms with Crippen LogP contribution in [0.1, 0.15) is 28.2 Å². The maximum atomic E-state index is 2.43. The minimum Gasteiger partial charge on any atom is -0.341 e. The van der Waals surface area contributed by atoms with E-state index in [1.807, 2.05) is 6.07 Å². The molecule has 1 nitrogen and oxygen atoms in total. The summed E-state index contributed by atoms with van der Waals surface area (Å²) in [6.45, 7) is 0.844. The second-order valence-corrected chi connectivity index (χ2v) is 8.66. The second-order valence-electron chi connectivity index (χ2n) is 8.66. The van der Waals surface area contributed by atoms with Crippen LogP contribution in [0.5, 0.6) is 0 Å². The summed E-state index contributed by atoms with van der Waals surface area (Å²) in [4.78, 5) is 2.43. The summed E-state index contributed by atoms with van der Waals surface area (Å²) in [7, 11) is 0. The van der Waals surface area contributed by atoms with Gasteiger partial charge in [0.2, 0.25) is 0 Å². The van der Waals surface area contributed by atoms with E-state index in [1.54, 1.807) is 0 Å². The standard InChI is InChI=1S/C34H29N/c1-5-13-28(14-6-1)21-22-29-23-25-33(26-24-29)35(32-19-11-4-12-20-32)27-34(30-15-7-2-8-16-30)31-17-9-3-10-18-31/h1-26,34H,27H2/b22-21+. The van der Waals surface area contributed by atoms with Crippen LogP contribution < -0.4 is 4.90 Å². The molecule has 0 atom stereocenters. The van der Waals surface area contributed by atoms with E-state index in [1.165, 1.54) is 33.6 Å². The van der Waals surface area contributed by atoms with E-state index in [0.29, 0.717) is 0 Å². The number of rotatable bonds is 8. The van der Waals surface area contributed by atoms with Crippen LogP contribution in [0.2, 0.25) is 0 Å². The number of para-hydroxylation sites is 1. The molecule has 0 saturated heterocycles. The van der Waals surface area contributed by atoms with Gasteiger partial charge in [-0.25, -0.2) is 0 Å². The molecule has 0 bridgehead atoms. The van der Waals surface area contributed by atoms with Crippen molar-refractivity contribution in [2.24, 2.45) is 0 Å². The van der Waals surface area contributed by atoms with Crippen LogP contribution in [0.4, 0.5) is 11.4 Å². The van der Waals surface area contributed by atoms with Gasteiger partial charge in [-0.2, -0.15) is 0 Å².